The van der Waals surface area contributed by atoms with Gasteiger partial charge in [0.2, 0.25) is 0 Å². The molecule has 0 atom stereocenters. The summed E-state index contributed by atoms with van der Waals surface area (Å²) in [5.74, 6) is 0. The minimum Gasteiger partial charge on any atom is -0.244 e. The summed E-state index contributed by atoms with van der Waals surface area (Å²) in [5, 5.41) is 0.625. The summed E-state index contributed by atoms with van der Waals surface area (Å²) in [6.45, 7) is 6.06. The molecule has 12 heavy (non-hydrogen) atoms. The van der Waals surface area contributed by atoms with Gasteiger partial charge in [0.25, 0.3) is 0 Å². The number of nitrogens with zero attached hydrogens (tertiary/aromatic N) is 1. The third-order valence-electron chi connectivity index (χ3n) is 1.22. The van der Waals surface area contributed by atoms with Crippen molar-refractivity contribution in [3.63, 3.8) is 0 Å². The van der Waals surface area contributed by atoms with Crippen molar-refractivity contribution >= 4 is 11.6 Å². The van der Waals surface area contributed by atoms with E-state index >= 15 is 0 Å². The van der Waals surface area contributed by atoms with Crippen molar-refractivity contribution in [3.8, 4) is 0 Å². The maximum atomic E-state index is 5.71. The predicted molar refractivity (Wildman–Crippen MR) is 56.7 cm³/mol. The van der Waals surface area contributed by atoms with E-state index in [0.29, 0.717) is 5.15 Å². The van der Waals surface area contributed by atoms with E-state index < -0.39 is 0 Å². The van der Waals surface area contributed by atoms with Crippen molar-refractivity contribution in [2.75, 3.05) is 0 Å². The largest absolute Gasteiger partial charge is 0.244 e. The zero-order chi connectivity index (χ0) is 8.69. The first kappa shape index (κ1) is 14.0. The Balaban J connectivity index is 0. The molecule has 0 fully saturated rings. The SMILES string of the molecule is C.CC.CCc1cccnc1Cl. The van der Waals surface area contributed by atoms with Crippen LogP contribution in [0.25, 0.3) is 0 Å². The van der Waals surface area contributed by atoms with E-state index in [2.05, 4.69) is 11.9 Å². The molecule has 1 rings (SSSR count). The molecule has 0 aromatic carbocycles. The smallest absolute Gasteiger partial charge is 0.132 e. The summed E-state index contributed by atoms with van der Waals surface area (Å²) >= 11 is 5.71. The molecule has 0 unspecified atom stereocenters. The lowest BCUT2D eigenvalue weighted by atomic mass is 10.2. The second-order valence-electron chi connectivity index (χ2n) is 1.81. The number of aryl methyl sites for hydroxylation is 1. The highest BCUT2D eigenvalue weighted by Gasteiger charge is 1.93. The number of hydrogen-bond donors (Lipinski definition) is 0. The summed E-state index contributed by atoms with van der Waals surface area (Å²) < 4.78 is 0. The molecule has 0 aliphatic rings. The number of pyridine rings is 1. The molecular weight excluding hydrogens is 170 g/mol. The molecule has 1 aromatic rings. The highest BCUT2D eigenvalue weighted by Crippen LogP contribution is 2.10. The van der Waals surface area contributed by atoms with Crippen molar-refractivity contribution in [2.24, 2.45) is 0 Å². The molecule has 2 heteroatoms. The first-order valence-corrected chi connectivity index (χ1v) is 4.31. The fourth-order valence-corrected chi connectivity index (χ4v) is 0.936. The van der Waals surface area contributed by atoms with Crippen LogP contribution >= 0.6 is 11.6 Å². The van der Waals surface area contributed by atoms with Gasteiger partial charge in [-0.15, -0.1) is 0 Å². The summed E-state index contributed by atoms with van der Waals surface area (Å²) in [6, 6.07) is 3.88. The average Bonchev–Trinajstić information content (AvgIpc) is 2.09. The predicted octanol–water partition coefficient (Wildman–Crippen LogP) is 3.96. The third kappa shape index (κ3) is 4.35. The van der Waals surface area contributed by atoms with Gasteiger partial charge in [0.1, 0.15) is 5.15 Å². The molecule has 0 aliphatic carbocycles. The first-order valence-electron chi connectivity index (χ1n) is 3.94. The normalized spacial score (nSPS) is 7.67. The lowest BCUT2D eigenvalue weighted by Crippen LogP contribution is -1.82. The van der Waals surface area contributed by atoms with Gasteiger partial charge < -0.3 is 0 Å². The van der Waals surface area contributed by atoms with Crippen molar-refractivity contribution < 1.29 is 0 Å². The summed E-state index contributed by atoms with van der Waals surface area (Å²) in [6.07, 6.45) is 2.65. The monoisotopic (exact) mass is 187 g/mol. The minimum atomic E-state index is 0. The highest BCUT2D eigenvalue weighted by molar-refractivity contribution is 6.30. The molecule has 0 N–H and O–H groups in total. The van der Waals surface area contributed by atoms with Crippen molar-refractivity contribution in [1.82, 2.24) is 4.98 Å². The van der Waals surface area contributed by atoms with Gasteiger partial charge in [-0.3, -0.25) is 0 Å². The molecule has 0 saturated heterocycles. The summed E-state index contributed by atoms with van der Waals surface area (Å²) in [7, 11) is 0. The quantitative estimate of drug-likeness (QED) is 0.607. The number of halogens is 1. The van der Waals surface area contributed by atoms with E-state index in [4.69, 9.17) is 11.6 Å². The van der Waals surface area contributed by atoms with Crippen LogP contribution < -0.4 is 0 Å². The standard InChI is InChI=1S/C7H8ClN.C2H6.CH4/c1-2-6-4-3-5-9-7(6)8;1-2;/h3-5H,2H2,1H3;1-2H3;1H4. The van der Waals surface area contributed by atoms with Crippen LogP contribution in [0.4, 0.5) is 0 Å². The molecule has 0 spiro atoms. The Bertz CT molecular complexity index is 199. The maximum Gasteiger partial charge on any atom is 0.132 e. The van der Waals surface area contributed by atoms with Gasteiger partial charge in [-0.25, -0.2) is 4.98 Å². The van der Waals surface area contributed by atoms with Crippen molar-refractivity contribution in [2.45, 2.75) is 34.6 Å². The fraction of sp³-hybridized carbons (Fsp3) is 0.500. The Hall–Kier alpha value is -0.560. The number of hydrogen-bond acceptors (Lipinski definition) is 1. The molecule has 1 nitrogen and oxygen atoms in total. The Morgan fingerprint density at radius 3 is 2.33 bits per heavy atom. The van der Waals surface area contributed by atoms with Crippen LogP contribution in [-0.4, -0.2) is 4.98 Å². The summed E-state index contributed by atoms with van der Waals surface area (Å²) in [5.41, 5.74) is 1.11. The second-order valence-corrected chi connectivity index (χ2v) is 2.16. The molecule has 0 radical (unpaired) electrons. The Kier molecular flexibility index (Phi) is 9.95. The zero-order valence-corrected chi connectivity index (χ0v) is 8.02. The Morgan fingerprint density at radius 2 is 2.00 bits per heavy atom. The molecular formula is C10H18ClN. The van der Waals surface area contributed by atoms with Crippen molar-refractivity contribution in [1.29, 1.82) is 0 Å². The van der Waals surface area contributed by atoms with Crippen LogP contribution in [0, 0.1) is 0 Å². The molecule has 0 bridgehead atoms. The first-order chi connectivity index (χ1) is 5.34. The van der Waals surface area contributed by atoms with Crippen LogP contribution in [0.15, 0.2) is 18.3 Å². The van der Waals surface area contributed by atoms with Crippen LogP contribution in [0.2, 0.25) is 5.15 Å². The average molecular weight is 188 g/mol. The van der Waals surface area contributed by atoms with Crippen LogP contribution in [0.3, 0.4) is 0 Å². The van der Waals surface area contributed by atoms with E-state index in [0.717, 1.165) is 12.0 Å². The van der Waals surface area contributed by atoms with E-state index in [-0.39, 0.29) is 7.43 Å². The van der Waals surface area contributed by atoms with Gasteiger partial charge >= 0.3 is 0 Å². The maximum absolute atomic E-state index is 5.71. The second kappa shape index (κ2) is 8.54. The molecule has 0 aliphatic heterocycles. The van der Waals surface area contributed by atoms with E-state index in [1.54, 1.807) is 6.20 Å². The van der Waals surface area contributed by atoms with E-state index in [1.807, 2.05) is 26.0 Å². The van der Waals surface area contributed by atoms with Crippen LogP contribution in [0.1, 0.15) is 33.8 Å². The minimum absolute atomic E-state index is 0. The zero-order valence-electron chi connectivity index (χ0n) is 7.26. The lowest BCUT2D eigenvalue weighted by molar-refractivity contribution is 1.10. The van der Waals surface area contributed by atoms with E-state index in [9.17, 15) is 0 Å². The molecule has 0 saturated carbocycles. The van der Waals surface area contributed by atoms with Gasteiger partial charge in [-0.2, -0.15) is 0 Å². The molecule has 1 heterocycles. The molecule has 1 aromatic heterocycles. The lowest BCUT2D eigenvalue weighted by Gasteiger charge is -1.95. The molecule has 70 valence electrons. The summed E-state index contributed by atoms with van der Waals surface area (Å²) in [4.78, 5) is 3.92. The van der Waals surface area contributed by atoms with Gasteiger partial charge in [-0.1, -0.05) is 45.9 Å². The van der Waals surface area contributed by atoms with Crippen LogP contribution in [0.5, 0.6) is 0 Å². The molecule has 0 amide bonds. The van der Waals surface area contributed by atoms with Gasteiger partial charge in [0.15, 0.2) is 0 Å². The Morgan fingerprint density at radius 1 is 1.42 bits per heavy atom. The van der Waals surface area contributed by atoms with Gasteiger partial charge in [-0.05, 0) is 18.1 Å². The van der Waals surface area contributed by atoms with Crippen molar-refractivity contribution in [3.05, 3.63) is 29.0 Å². The van der Waals surface area contributed by atoms with Gasteiger partial charge in [0.05, 0.1) is 0 Å². The van der Waals surface area contributed by atoms with E-state index in [1.165, 1.54) is 0 Å². The Labute approximate surface area is 80.8 Å². The fourth-order valence-electron chi connectivity index (χ4n) is 0.683. The number of rotatable bonds is 1. The van der Waals surface area contributed by atoms with Gasteiger partial charge in [0, 0.05) is 6.20 Å². The highest BCUT2D eigenvalue weighted by atomic mass is 35.5. The number of aromatic nitrogens is 1. The third-order valence-corrected chi connectivity index (χ3v) is 1.56. The topological polar surface area (TPSA) is 12.9 Å². The van der Waals surface area contributed by atoms with Crippen LogP contribution in [-0.2, 0) is 6.42 Å².